The molecule has 1 heterocycles. The molecule has 1 aromatic rings. The summed E-state index contributed by atoms with van der Waals surface area (Å²) >= 11 is 12.0. The Balaban J connectivity index is 2.46. The number of hydrogen-bond acceptors (Lipinski definition) is 2. The average molecular weight is 243 g/mol. The molecular weight excluding hydrogens is 231 g/mol. The van der Waals surface area contributed by atoms with E-state index in [1.54, 1.807) is 6.07 Å². The molecule has 2 nitrogen and oxygen atoms in total. The maximum Gasteiger partial charge on any atom is 0.0928 e. The molecule has 0 saturated heterocycles. The van der Waals surface area contributed by atoms with Crippen LogP contribution in [-0.4, -0.2) is 6.54 Å². The van der Waals surface area contributed by atoms with Crippen molar-refractivity contribution >= 4 is 23.2 Å². The number of hydrogen-bond donors (Lipinski definition) is 2. The molecule has 0 aliphatic carbocycles. The third-order valence-corrected chi connectivity index (χ3v) is 3.23. The summed E-state index contributed by atoms with van der Waals surface area (Å²) in [5.41, 5.74) is 6.60. The SMILES string of the molecule is CC1(c2ccc(Cl)cc2Cl)C=C(N)NC1. The molecule has 0 radical (unpaired) electrons. The molecule has 0 amide bonds. The van der Waals surface area contributed by atoms with E-state index in [1.165, 1.54) is 0 Å². The van der Waals surface area contributed by atoms with Crippen LogP contribution in [0.4, 0.5) is 0 Å². The average Bonchev–Trinajstić information content (AvgIpc) is 2.46. The third kappa shape index (κ3) is 1.92. The fourth-order valence-electron chi connectivity index (χ4n) is 1.86. The molecule has 0 bridgehead atoms. The highest BCUT2D eigenvalue weighted by atomic mass is 35.5. The lowest BCUT2D eigenvalue weighted by Gasteiger charge is -2.22. The van der Waals surface area contributed by atoms with Crippen LogP contribution >= 0.6 is 23.2 Å². The molecule has 1 aliphatic rings. The smallest absolute Gasteiger partial charge is 0.0928 e. The Morgan fingerprint density at radius 2 is 2.13 bits per heavy atom. The van der Waals surface area contributed by atoms with Crippen molar-refractivity contribution in [1.29, 1.82) is 0 Å². The van der Waals surface area contributed by atoms with E-state index >= 15 is 0 Å². The normalized spacial score (nSPS) is 24.9. The van der Waals surface area contributed by atoms with Crippen molar-refractivity contribution in [3.05, 3.63) is 45.7 Å². The van der Waals surface area contributed by atoms with E-state index in [9.17, 15) is 0 Å². The van der Waals surface area contributed by atoms with E-state index in [-0.39, 0.29) is 5.41 Å². The first-order chi connectivity index (χ1) is 7.01. The Morgan fingerprint density at radius 3 is 2.67 bits per heavy atom. The molecule has 1 unspecified atom stereocenters. The van der Waals surface area contributed by atoms with Crippen LogP contribution in [0.25, 0.3) is 0 Å². The Hall–Kier alpha value is -0.860. The van der Waals surface area contributed by atoms with Gasteiger partial charge in [-0.05, 0) is 23.8 Å². The summed E-state index contributed by atoms with van der Waals surface area (Å²) in [5, 5.41) is 4.42. The summed E-state index contributed by atoms with van der Waals surface area (Å²) in [6.45, 7) is 2.86. The van der Waals surface area contributed by atoms with Crippen molar-refractivity contribution in [1.82, 2.24) is 5.32 Å². The first kappa shape index (κ1) is 10.7. The minimum Gasteiger partial charge on any atom is -0.386 e. The van der Waals surface area contributed by atoms with Crippen molar-refractivity contribution in [2.45, 2.75) is 12.3 Å². The fraction of sp³-hybridized carbons (Fsp3) is 0.273. The summed E-state index contributed by atoms with van der Waals surface area (Å²) in [6.07, 6.45) is 1.99. The largest absolute Gasteiger partial charge is 0.386 e. The van der Waals surface area contributed by atoms with Crippen molar-refractivity contribution < 1.29 is 0 Å². The molecule has 0 saturated carbocycles. The van der Waals surface area contributed by atoms with Gasteiger partial charge in [0.25, 0.3) is 0 Å². The molecule has 1 aliphatic heterocycles. The predicted molar refractivity (Wildman–Crippen MR) is 64.1 cm³/mol. The second-order valence-corrected chi connectivity index (χ2v) is 4.84. The van der Waals surface area contributed by atoms with Crippen LogP contribution in [0.3, 0.4) is 0 Å². The number of rotatable bonds is 1. The lowest BCUT2D eigenvalue weighted by atomic mass is 9.84. The van der Waals surface area contributed by atoms with Crippen molar-refractivity contribution in [2.75, 3.05) is 6.54 Å². The number of nitrogens with two attached hydrogens (primary N) is 1. The molecular formula is C11H12Cl2N2. The van der Waals surface area contributed by atoms with Gasteiger partial charge in [0.05, 0.1) is 5.82 Å². The van der Waals surface area contributed by atoms with E-state index in [1.807, 2.05) is 18.2 Å². The van der Waals surface area contributed by atoms with Gasteiger partial charge in [0.2, 0.25) is 0 Å². The van der Waals surface area contributed by atoms with E-state index in [2.05, 4.69) is 12.2 Å². The second-order valence-electron chi connectivity index (χ2n) is 3.99. The lowest BCUT2D eigenvalue weighted by molar-refractivity contribution is 0.601. The van der Waals surface area contributed by atoms with Gasteiger partial charge >= 0.3 is 0 Å². The summed E-state index contributed by atoms with van der Waals surface area (Å²) in [4.78, 5) is 0. The Labute approximate surface area is 99.1 Å². The molecule has 0 spiro atoms. The zero-order valence-corrected chi connectivity index (χ0v) is 9.86. The molecule has 2 rings (SSSR count). The Bertz CT molecular complexity index is 429. The van der Waals surface area contributed by atoms with Crippen LogP contribution in [0.1, 0.15) is 12.5 Å². The second kappa shape index (κ2) is 3.62. The number of halogens is 2. The van der Waals surface area contributed by atoms with Gasteiger partial charge in [-0.2, -0.15) is 0 Å². The van der Waals surface area contributed by atoms with Gasteiger partial charge in [-0.3, -0.25) is 0 Å². The van der Waals surface area contributed by atoms with E-state index in [0.29, 0.717) is 15.9 Å². The highest BCUT2D eigenvalue weighted by molar-refractivity contribution is 6.35. The fourth-order valence-corrected chi connectivity index (χ4v) is 2.48. The monoisotopic (exact) mass is 242 g/mol. The van der Waals surface area contributed by atoms with Crippen molar-refractivity contribution in [2.24, 2.45) is 5.73 Å². The van der Waals surface area contributed by atoms with Crippen LogP contribution < -0.4 is 11.1 Å². The third-order valence-electron chi connectivity index (χ3n) is 2.68. The molecule has 4 heteroatoms. The maximum atomic E-state index is 6.16. The van der Waals surface area contributed by atoms with Gasteiger partial charge < -0.3 is 11.1 Å². The zero-order valence-electron chi connectivity index (χ0n) is 8.35. The van der Waals surface area contributed by atoms with Gasteiger partial charge in [-0.25, -0.2) is 0 Å². The Morgan fingerprint density at radius 1 is 1.40 bits per heavy atom. The van der Waals surface area contributed by atoms with Gasteiger partial charge in [-0.15, -0.1) is 0 Å². The molecule has 0 aromatic heterocycles. The first-order valence-electron chi connectivity index (χ1n) is 4.69. The number of nitrogens with one attached hydrogen (secondary N) is 1. The predicted octanol–water partition coefficient (Wildman–Crippen LogP) is 2.65. The highest BCUT2D eigenvalue weighted by Crippen LogP contribution is 2.35. The van der Waals surface area contributed by atoms with Crippen LogP contribution in [-0.2, 0) is 5.41 Å². The zero-order chi connectivity index (χ0) is 11.1. The molecule has 1 aromatic carbocycles. The van der Waals surface area contributed by atoms with Gasteiger partial charge in [0, 0.05) is 22.0 Å². The van der Waals surface area contributed by atoms with Crippen molar-refractivity contribution in [3.8, 4) is 0 Å². The highest BCUT2D eigenvalue weighted by Gasteiger charge is 2.30. The quantitative estimate of drug-likeness (QED) is 0.795. The Kier molecular flexibility index (Phi) is 2.57. The minimum absolute atomic E-state index is 0.147. The standard InChI is InChI=1S/C11H12Cl2N2/c1-11(5-10(14)15-6-11)8-3-2-7(12)4-9(8)13/h2-5,15H,6,14H2,1H3. The summed E-state index contributed by atoms with van der Waals surface area (Å²) in [5.74, 6) is 0.698. The lowest BCUT2D eigenvalue weighted by Crippen LogP contribution is -2.27. The van der Waals surface area contributed by atoms with E-state index < -0.39 is 0 Å². The van der Waals surface area contributed by atoms with Gasteiger partial charge in [0.1, 0.15) is 0 Å². The topological polar surface area (TPSA) is 38.0 Å². The van der Waals surface area contributed by atoms with Crippen LogP contribution in [0.5, 0.6) is 0 Å². The van der Waals surface area contributed by atoms with Crippen molar-refractivity contribution in [3.63, 3.8) is 0 Å². The molecule has 3 N–H and O–H groups in total. The van der Waals surface area contributed by atoms with Crippen LogP contribution in [0.15, 0.2) is 30.1 Å². The summed E-state index contributed by atoms with van der Waals surface area (Å²) < 4.78 is 0. The summed E-state index contributed by atoms with van der Waals surface area (Å²) in [6, 6.07) is 5.55. The molecule has 15 heavy (non-hydrogen) atoms. The van der Waals surface area contributed by atoms with E-state index in [4.69, 9.17) is 28.9 Å². The van der Waals surface area contributed by atoms with Gasteiger partial charge in [0.15, 0.2) is 0 Å². The van der Waals surface area contributed by atoms with Crippen LogP contribution in [0, 0.1) is 0 Å². The maximum absolute atomic E-state index is 6.16. The molecule has 0 fully saturated rings. The first-order valence-corrected chi connectivity index (χ1v) is 5.45. The molecule has 80 valence electrons. The number of benzene rings is 1. The van der Waals surface area contributed by atoms with E-state index in [0.717, 1.165) is 12.1 Å². The van der Waals surface area contributed by atoms with Crippen LogP contribution in [0.2, 0.25) is 10.0 Å². The van der Waals surface area contributed by atoms with Gasteiger partial charge in [-0.1, -0.05) is 36.2 Å². The molecule has 1 atom stereocenters. The summed E-state index contributed by atoms with van der Waals surface area (Å²) in [7, 11) is 0. The minimum atomic E-state index is -0.147.